The van der Waals surface area contributed by atoms with Crippen LogP contribution in [0.4, 0.5) is 5.82 Å². The lowest BCUT2D eigenvalue weighted by Crippen LogP contribution is -2.27. The van der Waals surface area contributed by atoms with Crippen LogP contribution in [0.1, 0.15) is 35.3 Å². The lowest BCUT2D eigenvalue weighted by atomic mass is 9.91. The number of rotatable bonds is 5. The molecule has 1 unspecified atom stereocenters. The van der Waals surface area contributed by atoms with Crippen molar-refractivity contribution in [2.75, 3.05) is 11.9 Å². The molecule has 1 aromatic carbocycles. The number of amides is 1. The first-order valence-electron chi connectivity index (χ1n) is 8.56. The molecule has 26 heavy (non-hydrogen) atoms. The van der Waals surface area contributed by atoms with Crippen molar-refractivity contribution in [2.24, 2.45) is 0 Å². The monoisotopic (exact) mass is 353 g/mol. The zero-order valence-corrected chi connectivity index (χ0v) is 15.2. The summed E-state index contributed by atoms with van der Waals surface area (Å²) in [6.45, 7) is 5.85. The lowest BCUT2D eigenvalue weighted by molar-refractivity contribution is -0.00279. The summed E-state index contributed by atoms with van der Waals surface area (Å²) in [6, 6.07) is 8.84. The molecule has 3 N–H and O–H groups in total. The zero-order valence-electron chi connectivity index (χ0n) is 15.2. The molecule has 2 aromatic heterocycles. The van der Waals surface area contributed by atoms with Crippen molar-refractivity contribution in [3.05, 3.63) is 59.4 Å². The third kappa shape index (κ3) is 3.34. The first kappa shape index (κ1) is 18.1. The Kier molecular flexibility index (Phi) is 4.80. The number of anilines is 1. The Morgan fingerprint density at radius 1 is 1.31 bits per heavy atom. The van der Waals surface area contributed by atoms with E-state index < -0.39 is 5.60 Å². The topological polar surface area (TPSA) is 87.4 Å². The van der Waals surface area contributed by atoms with Gasteiger partial charge in [-0.25, -0.2) is 4.98 Å². The molecular weight excluding hydrogens is 330 g/mol. The van der Waals surface area contributed by atoms with E-state index in [4.69, 9.17) is 0 Å². The molecule has 0 aliphatic rings. The second kappa shape index (κ2) is 6.90. The minimum atomic E-state index is -1.34. The molecule has 1 atom stereocenters. The first-order chi connectivity index (χ1) is 12.4. The molecule has 136 valence electrons. The molecule has 3 aromatic rings. The zero-order chi connectivity index (χ0) is 18.9. The smallest absolute Gasteiger partial charge is 0.256 e. The molecule has 0 saturated carbocycles. The number of hydrogen-bond donors (Lipinski definition) is 3. The molecule has 0 radical (unpaired) electrons. The summed E-state index contributed by atoms with van der Waals surface area (Å²) in [4.78, 5) is 16.9. The standard InChI is InChI=1S/C20H23N3O3/c1-4-23-8-7-15-11-21-18(10-17(15)23)22-19(25)14-5-6-16(13(2)9-14)20(3,26)12-24/h5-11,24,26H,4,12H2,1-3H3,(H,21,22,25). The Morgan fingerprint density at radius 3 is 2.73 bits per heavy atom. The Balaban J connectivity index is 1.85. The first-order valence-corrected chi connectivity index (χ1v) is 8.56. The molecular formula is C20H23N3O3. The predicted molar refractivity (Wildman–Crippen MR) is 101 cm³/mol. The van der Waals surface area contributed by atoms with Crippen LogP contribution < -0.4 is 5.32 Å². The van der Waals surface area contributed by atoms with E-state index >= 15 is 0 Å². The van der Waals surface area contributed by atoms with Gasteiger partial charge in [0, 0.05) is 36.0 Å². The van der Waals surface area contributed by atoms with Crippen LogP contribution in [0.15, 0.2) is 42.7 Å². The number of aromatic nitrogens is 2. The van der Waals surface area contributed by atoms with Crippen LogP contribution in [0, 0.1) is 6.92 Å². The van der Waals surface area contributed by atoms with E-state index in [9.17, 15) is 15.0 Å². The molecule has 0 bridgehead atoms. The van der Waals surface area contributed by atoms with Crippen LogP contribution in [-0.2, 0) is 12.1 Å². The summed E-state index contributed by atoms with van der Waals surface area (Å²) < 4.78 is 2.09. The van der Waals surface area contributed by atoms with Gasteiger partial charge in [-0.1, -0.05) is 6.07 Å². The minimum absolute atomic E-state index is 0.273. The normalized spacial score (nSPS) is 13.6. The highest BCUT2D eigenvalue weighted by Gasteiger charge is 2.24. The Hall–Kier alpha value is -2.70. The van der Waals surface area contributed by atoms with E-state index in [1.807, 2.05) is 18.3 Å². The number of aliphatic hydroxyl groups is 2. The molecule has 1 amide bonds. The van der Waals surface area contributed by atoms with Crippen LogP contribution in [0.25, 0.3) is 10.9 Å². The van der Waals surface area contributed by atoms with Gasteiger partial charge >= 0.3 is 0 Å². The highest BCUT2D eigenvalue weighted by atomic mass is 16.3. The van der Waals surface area contributed by atoms with Gasteiger partial charge < -0.3 is 20.1 Å². The number of nitrogens with zero attached hydrogens (tertiary/aromatic N) is 2. The summed E-state index contributed by atoms with van der Waals surface area (Å²) in [7, 11) is 0. The predicted octanol–water partition coefficient (Wildman–Crippen LogP) is 2.82. The SMILES string of the molecule is CCn1ccc2cnc(NC(=O)c3ccc(C(C)(O)CO)c(C)c3)cc21. The van der Waals surface area contributed by atoms with E-state index in [0.29, 0.717) is 16.9 Å². The number of benzene rings is 1. The molecule has 0 aliphatic carbocycles. The molecule has 6 heteroatoms. The summed E-state index contributed by atoms with van der Waals surface area (Å²) >= 11 is 0. The van der Waals surface area contributed by atoms with Crippen LogP contribution in [0.5, 0.6) is 0 Å². The Morgan fingerprint density at radius 2 is 2.08 bits per heavy atom. The lowest BCUT2D eigenvalue weighted by Gasteiger charge is -2.23. The summed E-state index contributed by atoms with van der Waals surface area (Å²) in [5.74, 6) is 0.213. The number of nitrogens with one attached hydrogen (secondary N) is 1. The number of carbonyl (C=O) groups is 1. The molecule has 0 saturated heterocycles. The number of hydrogen-bond acceptors (Lipinski definition) is 4. The fraction of sp³-hybridized carbons (Fsp3) is 0.300. The van der Waals surface area contributed by atoms with Gasteiger partial charge in [0.2, 0.25) is 0 Å². The van der Waals surface area contributed by atoms with E-state index in [-0.39, 0.29) is 12.5 Å². The Labute approximate surface area is 152 Å². The summed E-state index contributed by atoms with van der Waals surface area (Å²) in [6.07, 6.45) is 3.73. The van der Waals surface area contributed by atoms with Gasteiger partial charge in [-0.2, -0.15) is 0 Å². The molecule has 0 fully saturated rings. The van der Waals surface area contributed by atoms with Crippen molar-refractivity contribution < 1.29 is 15.0 Å². The average Bonchev–Trinajstić information content (AvgIpc) is 3.03. The Bertz CT molecular complexity index is 960. The van der Waals surface area contributed by atoms with E-state index in [0.717, 1.165) is 23.0 Å². The van der Waals surface area contributed by atoms with E-state index in [2.05, 4.69) is 21.8 Å². The number of aryl methyl sites for hydroxylation is 2. The number of carbonyl (C=O) groups excluding carboxylic acids is 1. The quantitative estimate of drug-likeness (QED) is 0.658. The van der Waals surface area contributed by atoms with E-state index in [1.54, 1.807) is 31.3 Å². The molecule has 2 heterocycles. The highest BCUT2D eigenvalue weighted by Crippen LogP contribution is 2.25. The minimum Gasteiger partial charge on any atom is -0.393 e. The number of pyridine rings is 1. The summed E-state index contributed by atoms with van der Waals surface area (Å²) in [5.41, 5.74) is 1.48. The van der Waals surface area contributed by atoms with Crippen molar-refractivity contribution in [2.45, 2.75) is 32.9 Å². The van der Waals surface area contributed by atoms with Gasteiger partial charge in [-0.3, -0.25) is 4.79 Å². The molecule has 0 aliphatic heterocycles. The number of fused-ring (bicyclic) bond motifs is 1. The second-order valence-electron chi connectivity index (χ2n) is 6.65. The van der Waals surface area contributed by atoms with Gasteiger partial charge in [0.05, 0.1) is 12.1 Å². The average molecular weight is 353 g/mol. The van der Waals surface area contributed by atoms with Crippen molar-refractivity contribution in [3.63, 3.8) is 0 Å². The van der Waals surface area contributed by atoms with Gasteiger partial charge in [0.15, 0.2) is 0 Å². The maximum Gasteiger partial charge on any atom is 0.256 e. The third-order valence-corrected chi connectivity index (χ3v) is 4.61. The molecule has 6 nitrogen and oxygen atoms in total. The molecule has 0 spiro atoms. The van der Waals surface area contributed by atoms with Gasteiger partial charge in [0.25, 0.3) is 5.91 Å². The van der Waals surface area contributed by atoms with Crippen molar-refractivity contribution in [3.8, 4) is 0 Å². The van der Waals surface area contributed by atoms with Crippen molar-refractivity contribution in [1.82, 2.24) is 9.55 Å². The number of aliphatic hydroxyl groups excluding tert-OH is 1. The summed E-state index contributed by atoms with van der Waals surface area (Å²) in [5, 5.41) is 23.4. The van der Waals surface area contributed by atoms with Crippen LogP contribution in [0.3, 0.4) is 0 Å². The van der Waals surface area contributed by atoms with Crippen LogP contribution >= 0.6 is 0 Å². The second-order valence-corrected chi connectivity index (χ2v) is 6.65. The van der Waals surface area contributed by atoms with Gasteiger partial charge in [-0.15, -0.1) is 0 Å². The maximum atomic E-state index is 12.6. The highest BCUT2D eigenvalue weighted by molar-refractivity contribution is 6.04. The third-order valence-electron chi connectivity index (χ3n) is 4.61. The molecule has 3 rings (SSSR count). The fourth-order valence-corrected chi connectivity index (χ4v) is 3.11. The maximum absolute atomic E-state index is 12.6. The van der Waals surface area contributed by atoms with Crippen LogP contribution in [-0.4, -0.2) is 32.3 Å². The van der Waals surface area contributed by atoms with Crippen molar-refractivity contribution >= 4 is 22.6 Å². The van der Waals surface area contributed by atoms with E-state index in [1.165, 1.54) is 6.92 Å². The van der Waals surface area contributed by atoms with Crippen molar-refractivity contribution in [1.29, 1.82) is 0 Å². The largest absolute Gasteiger partial charge is 0.393 e. The van der Waals surface area contributed by atoms with Crippen LogP contribution in [0.2, 0.25) is 0 Å². The van der Waals surface area contributed by atoms with Gasteiger partial charge in [-0.05, 0) is 50.1 Å². The van der Waals surface area contributed by atoms with Gasteiger partial charge in [0.1, 0.15) is 11.4 Å². The fourth-order valence-electron chi connectivity index (χ4n) is 3.11.